The molecule has 7 heteroatoms. The van der Waals surface area contributed by atoms with Gasteiger partial charge in [-0.15, -0.1) is 0 Å². The van der Waals surface area contributed by atoms with E-state index >= 15 is 0 Å². The summed E-state index contributed by atoms with van der Waals surface area (Å²) < 4.78 is 4.95. The number of nitrogens with zero attached hydrogens (tertiary/aromatic N) is 2. The smallest absolute Gasteiger partial charge is 0.326 e. The van der Waals surface area contributed by atoms with Crippen molar-refractivity contribution in [3.8, 4) is 0 Å². The number of esters is 1. The van der Waals surface area contributed by atoms with Gasteiger partial charge in [0.2, 0.25) is 11.8 Å². The Hall–Kier alpha value is -2.86. The molecule has 1 aliphatic heterocycles. The summed E-state index contributed by atoms with van der Waals surface area (Å²) in [5, 5.41) is 0.419. The van der Waals surface area contributed by atoms with E-state index in [0.717, 1.165) is 0 Å². The molecule has 0 aliphatic carbocycles. The Kier molecular flexibility index (Phi) is 5.23. The van der Waals surface area contributed by atoms with Crippen LogP contribution in [0.15, 0.2) is 48.5 Å². The van der Waals surface area contributed by atoms with E-state index in [9.17, 15) is 14.4 Å². The summed E-state index contributed by atoms with van der Waals surface area (Å²) in [5.74, 6) is -1.40. The van der Waals surface area contributed by atoms with Crippen LogP contribution in [0.4, 0.5) is 17.1 Å². The van der Waals surface area contributed by atoms with Crippen molar-refractivity contribution in [2.75, 3.05) is 23.0 Å². The zero-order chi connectivity index (χ0) is 18.7. The van der Waals surface area contributed by atoms with Crippen molar-refractivity contribution in [1.29, 1.82) is 0 Å². The fraction of sp³-hybridized carbons (Fsp3) is 0.211. The molecule has 134 valence electrons. The van der Waals surface area contributed by atoms with Crippen molar-refractivity contribution in [3.05, 3.63) is 53.6 Å². The number of carbonyl (C=O) groups excluding carboxylic acids is 3. The number of para-hydroxylation sites is 1. The number of benzene rings is 2. The quantitative estimate of drug-likeness (QED) is 0.610. The lowest BCUT2D eigenvalue weighted by Crippen LogP contribution is -2.36. The van der Waals surface area contributed by atoms with E-state index in [-0.39, 0.29) is 19.6 Å². The molecule has 1 aliphatic rings. The van der Waals surface area contributed by atoms with Crippen LogP contribution < -0.4 is 9.80 Å². The predicted molar refractivity (Wildman–Crippen MR) is 98.6 cm³/mol. The third-order valence-electron chi connectivity index (χ3n) is 3.93. The molecule has 0 bridgehead atoms. The highest BCUT2D eigenvalue weighted by atomic mass is 35.5. The molecule has 26 heavy (non-hydrogen) atoms. The van der Waals surface area contributed by atoms with E-state index in [2.05, 4.69) is 0 Å². The number of anilines is 3. The van der Waals surface area contributed by atoms with Gasteiger partial charge in [0.15, 0.2) is 0 Å². The van der Waals surface area contributed by atoms with Gasteiger partial charge in [-0.05, 0) is 37.3 Å². The maximum absolute atomic E-state index is 12.8. The second kappa shape index (κ2) is 7.58. The number of fused-ring (bicyclic) bond motifs is 1. The maximum atomic E-state index is 12.8. The molecule has 2 aromatic carbocycles. The lowest BCUT2D eigenvalue weighted by Gasteiger charge is -2.25. The van der Waals surface area contributed by atoms with Gasteiger partial charge in [-0.3, -0.25) is 24.2 Å². The minimum Gasteiger partial charge on any atom is -0.465 e. The van der Waals surface area contributed by atoms with E-state index in [4.69, 9.17) is 16.3 Å². The molecule has 0 aromatic heterocycles. The van der Waals surface area contributed by atoms with Crippen molar-refractivity contribution >= 4 is 46.4 Å². The average molecular weight is 373 g/mol. The first kappa shape index (κ1) is 17.9. The Morgan fingerprint density at radius 1 is 1.08 bits per heavy atom. The first-order chi connectivity index (χ1) is 12.5. The van der Waals surface area contributed by atoms with Crippen LogP contribution in [-0.2, 0) is 19.1 Å². The number of ether oxygens (including phenoxy) is 1. The molecule has 1 heterocycles. The number of hydrogen-bond donors (Lipinski definition) is 0. The molecule has 0 atom stereocenters. The van der Waals surface area contributed by atoms with Gasteiger partial charge < -0.3 is 4.74 Å². The molecule has 0 unspecified atom stereocenters. The topological polar surface area (TPSA) is 66.9 Å². The van der Waals surface area contributed by atoms with Gasteiger partial charge in [0, 0.05) is 10.7 Å². The van der Waals surface area contributed by atoms with Crippen molar-refractivity contribution in [2.24, 2.45) is 0 Å². The number of halogens is 1. The molecule has 0 N–H and O–H groups in total. The monoisotopic (exact) mass is 372 g/mol. The van der Waals surface area contributed by atoms with Crippen LogP contribution in [0.3, 0.4) is 0 Å². The van der Waals surface area contributed by atoms with Gasteiger partial charge in [-0.1, -0.05) is 29.8 Å². The van der Waals surface area contributed by atoms with E-state index in [1.54, 1.807) is 49.4 Å². The molecule has 0 fully saturated rings. The standard InChI is InChI=1S/C19H17ClN2O4/c1-2-26-19(25)12-21-15-9-8-13(20)10-16(15)22(18(24)11-17(21)23)14-6-4-3-5-7-14/h3-10H,2,11-12H2,1H3. The van der Waals surface area contributed by atoms with Crippen LogP contribution in [0, 0.1) is 0 Å². The maximum Gasteiger partial charge on any atom is 0.326 e. The Labute approximate surface area is 155 Å². The molecule has 3 rings (SSSR count). The second-order valence-corrected chi connectivity index (χ2v) is 6.10. The highest BCUT2D eigenvalue weighted by Crippen LogP contribution is 2.39. The van der Waals surface area contributed by atoms with Crippen molar-refractivity contribution < 1.29 is 19.1 Å². The van der Waals surface area contributed by atoms with Gasteiger partial charge in [0.25, 0.3) is 0 Å². The molecule has 0 spiro atoms. The Balaban J connectivity index is 2.12. The van der Waals surface area contributed by atoms with E-state index in [0.29, 0.717) is 22.1 Å². The summed E-state index contributed by atoms with van der Waals surface area (Å²) in [7, 11) is 0. The van der Waals surface area contributed by atoms with Crippen LogP contribution in [0.25, 0.3) is 0 Å². The number of hydrogen-bond acceptors (Lipinski definition) is 4. The number of rotatable bonds is 4. The molecule has 0 saturated carbocycles. The molecule has 2 aromatic rings. The summed E-state index contributed by atoms with van der Waals surface area (Å²) in [6, 6.07) is 13.8. The summed E-state index contributed by atoms with van der Waals surface area (Å²) in [4.78, 5) is 40.1. The molecular weight excluding hydrogens is 356 g/mol. The summed E-state index contributed by atoms with van der Waals surface area (Å²) in [6.45, 7) is 1.64. The van der Waals surface area contributed by atoms with E-state index in [1.807, 2.05) is 6.07 Å². The molecule has 0 saturated heterocycles. The Morgan fingerprint density at radius 2 is 1.81 bits per heavy atom. The Bertz CT molecular complexity index is 854. The lowest BCUT2D eigenvalue weighted by molar-refractivity contribution is -0.142. The normalized spacial score (nSPS) is 14.1. The largest absolute Gasteiger partial charge is 0.465 e. The number of carbonyl (C=O) groups is 3. The zero-order valence-electron chi connectivity index (χ0n) is 14.1. The first-order valence-corrected chi connectivity index (χ1v) is 8.52. The van der Waals surface area contributed by atoms with Crippen LogP contribution in [0.5, 0.6) is 0 Å². The summed E-state index contributed by atoms with van der Waals surface area (Å²) in [6.07, 6.45) is -0.361. The van der Waals surface area contributed by atoms with E-state index < -0.39 is 17.8 Å². The highest BCUT2D eigenvalue weighted by molar-refractivity contribution is 6.31. The second-order valence-electron chi connectivity index (χ2n) is 5.66. The number of amides is 2. The van der Waals surface area contributed by atoms with Crippen molar-refractivity contribution in [2.45, 2.75) is 13.3 Å². The predicted octanol–water partition coefficient (Wildman–Crippen LogP) is 3.30. The average Bonchev–Trinajstić information content (AvgIpc) is 2.70. The van der Waals surface area contributed by atoms with Gasteiger partial charge in [0.1, 0.15) is 13.0 Å². The third kappa shape index (κ3) is 3.55. The molecule has 6 nitrogen and oxygen atoms in total. The summed E-state index contributed by atoms with van der Waals surface area (Å²) >= 11 is 6.14. The molecule has 2 amide bonds. The van der Waals surface area contributed by atoms with Crippen LogP contribution in [-0.4, -0.2) is 30.9 Å². The third-order valence-corrected chi connectivity index (χ3v) is 4.16. The van der Waals surface area contributed by atoms with Gasteiger partial charge in [0.05, 0.1) is 18.0 Å². The lowest BCUT2D eigenvalue weighted by atomic mass is 10.2. The van der Waals surface area contributed by atoms with E-state index in [1.165, 1.54) is 9.80 Å². The highest BCUT2D eigenvalue weighted by Gasteiger charge is 2.33. The molecular formula is C19H17ClN2O4. The van der Waals surface area contributed by atoms with Crippen LogP contribution in [0.2, 0.25) is 5.02 Å². The SMILES string of the molecule is CCOC(=O)CN1C(=O)CC(=O)N(c2ccccc2)c2cc(Cl)ccc21. The van der Waals surface area contributed by atoms with Gasteiger partial charge >= 0.3 is 5.97 Å². The van der Waals surface area contributed by atoms with Crippen molar-refractivity contribution in [1.82, 2.24) is 0 Å². The van der Waals surface area contributed by atoms with Crippen LogP contribution >= 0.6 is 11.6 Å². The van der Waals surface area contributed by atoms with Crippen molar-refractivity contribution in [3.63, 3.8) is 0 Å². The minimum atomic E-state index is -0.539. The Morgan fingerprint density at radius 3 is 2.50 bits per heavy atom. The summed E-state index contributed by atoms with van der Waals surface area (Å²) in [5.41, 5.74) is 1.50. The fourth-order valence-corrected chi connectivity index (χ4v) is 3.01. The fourth-order valence-electron chi connectivity index (χ4n) is 2.85. The molecule has 0 radical (unpaired) electrons. The minimum absolute atomic E-state index is 0.212. The van der Waals surface area contributed by atoms with Gasteiger partial charge in [-0.2, -0.15) is 0 Å². The van der Waals surface area contributed by atoms with Gasteiger partial charge in [-0.25, -0.2) is 0 Å². The zero-order valence-corrected chi connectivity index (χ0v) is 14.9. The van der Waals surface area contributed by atoms with Crippen LogP contribution in [0.1, 0.15) is 13.3 Å². The first-order valence-electron chi connectivity index (χ1n) is 8.14.